The number of benzene rings is 1. The zero-order chi connectivity index (χ0) is 8.39. The Labute approximate surface area is 69.8 Å². The second-order valence-corrected chi connectivity index (χ2v) is 2.61. The molecule has 0 saturated carbocycles. The molecule has 0 bridgehead atoms. The summed E-state index contributed by atoms with van der Waals surface area (Å²) >= 11 is 0. The lowest BCUT2D eigenvalue weighted by atomic mass is 10.1. The van der Waals surface area contributed by atoms with Gasteiger partial charge in [0.25, 0.3) is 0 Å². The maximum Gasteiger partial charge on any atom is 0.203 e. The lowest BCUT2D eigenvalue weighted by Gasteiger charge is -1.96. The SMILES string of the molecule is O=[C]Cc1ccc2c(c1)OOC2. The van der Waals surface area contributed by atoms with Crippen LogP contribution in [0.2, 0.25) is 0 Å². The molecule has 3 nitrogen and oxygen atoms in total. The molecule has 1 aliphatic heterocycles. The minimum atomic E-state index is 0.302. The third kappa shape index (κ3) is 1.19. The van der Waals surface area contributed by atoms with Crippen LogP contribution in [0.3, 0.4) is 0 Å². The van der Waals surface area contributed by atoms with Crippen molar-refractivity contribution in [3.05, 3.63) is 29.3 Å². The summed E-state index contributed by atoms with van der Waals surface area (Å²) < 4.78 is 0. The van der Waals surface area contributed by atoms with Gasteiger partial charge in [-0.15, -0.1) is 0 Å². The maximum atomic E-state index is 10.1. The van der Waals surface area contributed by atoms with Crippen molar-refractivity contribution >= 4 is 6.29 Å². The summed E-state index contributed by atoms with van der Waals surface area (Å²) in [6.07, 6.45) is 2.13. The molecular formula is C9H7O3. The fourth-order valence-electron chi connectivity index (χ4n) is 1.15. The Morgan fingerprint density at radius 1 is 1.50 bits per heavy atom. The summed E-state index contributed by atoms with van der Waals surface area (Å²) in [7, 11) is 0. The Morgan fingerprint density at radius 3 is 3.25 bits per heavy atom. The smallest absolute Gasteiger partial charge is 0.203 e. The van der Waals surface area contributed by atoms with Gasteiger partial charge in [0.1, 0.15) is 6.61 Å². The fraction of sp³-hybridized carbons (Fsp3) is 0.222. The molecule has 0 unspecified atom stereocenters. The van der Waals surface area contributed by atoms with Crippen LogP contribution in [0.1, 0.15) is 11.1 Å². The van der Waals surface area contributed by atoms with Gasteiger partial charge in [-0.1, -0.05) is 12.1 Å². The average Bonchev–Trinajstić information content (AvgIpc) is 2.51. The van der Waals surface area contributed by atoms with Gasteiger partial charge in [-0.05, 0) is 11.6 Å². The summed E-state index contributed by atoms with van der Waals surface area (Å²) in [6, 6.07) is 5.57. The highest BCUT2D eigenvalue weighted by atomic mass is 17.2. The summed E-state index contributed by atoms with van der Waals surface area (Å²) in [4.78, 5) is 19.7. The van der Waals surface area contributed by atoms with Gasteiger partial charge in [0, 0.05) is 12.0 Å². The minimum Gasteiger partial charge on any atom is -0.337 e. The van der Waals surface area contributed by atoms with Crippen molar-refractivity contribution < 1.29 is 14.6 Å². The van der Waals surface area contributed by atoms with Crippen LogP contribution < -0.4 is 4.89 Å². The zero-order valence-corrected chi connectivity index (χ0v) is 6.37. The number of rotatable bonds is 2. The molecule has 0 aromatic heterocycles. The van der Waals surface area contributed by atoms with Crippen LogP contribution in [0.15, 0.2) is 18.2 Å². The van der Waals surface area contributed by atoms with Crippen LogP contribution in [-0.2, 0) is 22.7 Å². The Balaban J connectivity index is 2.32. The lowest BCUT2D eigenvalue weighted by Crippen LogP contribution is -1.87. The normalized spacial score (nSPS) is 13.7. The topological polar surface area (TPSA) is 35.5 Å². The van der Waals surface area contributed by atoms with Crippen molar-refractivity contribution in [1.82, 2.24) is 0 Å². The molecule has 0 amide bonds. The van der Waals surface area contributed by atoms with E-state index < -0.39 is 0 Å². The van der Waals surface area contributed by atoms with E-state index in [-0.39, 0.29) is 0 Å². The largest absolute Gasteiger partial charge is 0.337 e. The van der Waals surface area contributed by atoms with E-state index in [1.165, 1.54) is 0 Å². The van der Waals surface area contributed by atoms with E-state index in [9.17, 15) is 4.79 Å². The molecule has 61 valence electrons. The molecule has 0 atom stereocenters. The van der Waals surface area contributed by atoms with Crippen LogP contribution in [0.5, 0.6) is 5.75 Å². The van der Waals surface area contributed by atoms with Gasteiger partial charge < -0.3 is 4.89 Å². The van der Waals surface area contributed by atoms with Crippen molar-refractivity contribution in [1.29, 1.82) is 0 Å². The van der Waals surface area contributed by atoms with E-state index in [1.807, 2.05) is 18.4 Å². The molecular weight excluding hydrogens is 156 g/mol. The van der Waals surface area contributed by atoms with E-state index in [2.05, 4.69) is 0 Å². The highest BCUT2D eigenvalue weighted by molar-refractivity contribution is 5.56. The van der Waals surface area contributed by atoms with E-state index in [0.29, 0.717) is 18.8 Å². The summed E-state index contributed by atoms with van der Waals surface area (Å²) in [5.41, 5.74) is 1.92. The monoisotopic (exact) mass is 163 g/mol. The molecule has 1 aromatic carbocycles. The van der Waals surface area contributed by atoms with E-state index >= 15 is 0 Å². The van der Waals surface area contributed by atoms with E-state index in [4.69, 9.17) is 9.78 Å². The second-order valence-electron chi connectivity index (χ2n) is 2.61. The van der Waals surface area contributed by atoms with E-state index in [1.54, 1.807) is 6.07 Å². The van der Waals surface area contributed by atoms with Gasteiger partial charge in [-0.25, -0.2) is 0 Å². The van der Waals surface area contributed by atoms with Crippen LogP contribution >= 0.6 is 0 Å². The summed E-state index contributed by atoms with van der Waals surface area (Å²) in [5.74, 6) is 0.711. The highest BCUT2D eigenvalue weighted by Crippen LogP contribution is 2.26. The van der Waals surface area contributed by atoms with Gasteiger partial charge in [-0.2, -0.15) is 4.89 Å². The van der Waals surface area contributed by atoms with Crippen LogP contribution in [0, 0.1) is 0 Å². The molecule has 0 aliphatic carbocycles. The first kappa shape index (κ1) is 7.31. The number of fused-ring (bicyclic) bond motifs is 1. The summed E-state index contributed by atoms with van der Waals surface area (Å²) in [6.45, 7) is 0.487. The third-order valence-electron chi connectivity index (χ3n) is 1.77. The van der Waals surface area contributed by atoms with Gasteiger partial charge >= 0.3 is 0 Å². The number of hydrogen-bond acceptors (Lipinski definition) is 3. The molecule has 1 radical (unpaired) electrons. The standard InChI is InChI=1S/C9H7O3/c10-4-3-7-1-2-8-6-11-12-9(8)5-7/h1-2,5H,3,6H2. The van der Waals surface area contributed by atoms with Gasteiger partial charge in [-0.3, -0.25) is 4.79 Å². The fourth-order valence-corrected chi connectivity index (χ4v) is 1.15. The predicted molar refractivity (Wildman–Crippen MR) is 41.3 cm³/mol. The zero-order valence-electron chi connectivity index (χ0n) is 6.37. The quantitative estimate of drug-likeness (QED) is 0.614. The first-order valence-electron chi connectivity index (χ1n) is 3.66. The molecule has 1 heterocycles. The Morgan fingerprint density at radius 2 is 2.42 bits per heavy atom. The summed E-state index contributed by atoms with van der Waals surface area (Å²) in [5, 5.41) is 0. The van der Waals surface area contributed by atoms with Crippen molar-refractivity contribution in [3.63, 3.8) is 0 Å². The molecule has 1 aliphatic rings. The Kier molecular flexibility index (Phi) is 1.80. The van der Waals surface area contributed by atoms with Crippen molar-refractivity contribution in [2.24, 2.45) is 0 Å². The molecule has 0 N–H and O–H groups in total. The maximum absolute atomic E-state index is 10.1. The van der Waals surface area contributed by atoms with E-state index in [0.717, 1.165) is 11.1 Å². The Hall–Kier alpha value is -1.35. The molecule has 3 heteroatoms. The molecule has 1 aromatic rings. The van der Waals surface area contributed by atoms with Crippen LogP contribution in [0.4, 0.5) is 0 Å². The van der Waals surface area contributed by atoms with Crippen molar-refractivity contribution in [2.75, 3.05) is 0 Å². The molecule has 12 heavy (non-hydrogen) atoms. The van der Waals surface area contributed by atoms with Crippen molar-refractivity contribution in [3.8, 4) is 5.75 Å². The molecule has 0 fully saturated rings. The molecule has 2 rings (SSSR count). The number of hydrogen-bond donors (Lipinski definition) is 0. The number of carbonyl (C=O) groups excluding carboxylic acids is 1. The first-order valence-corrected chi connectivity index (χ1v) is 3.66. The third-order valence-corrected chi connectivity index (χ3v) is 1.77. The molecule has 0 spiro atoms. The van der Waals surface area contributed by atoms with Crippen LogP contribution in [-0.4, -0.2) is 6.29 Å². The van der Waals surface area contributed by atoms with Gasteiger partial charge in [0.2, 0.25) is 6.29 Å². The van der Waals surface area contributed by atoms with Gasteiger partial charge in [0.15, 0.2) is 5.75 Å². The average molecular weight is 163 g/mol. The van der Waals surface area contributed by atoms with Gasteiger partial charge in [0.05, 0.1) is 0 Å². The predicted octanol–water partition coefficient (Wildman–Crippen LogP) is 1.16. The first-order chi connectivity index (χ1) is 5.90. The Bertz CT molecular complexity index is 307. The highest BCUT2D eigenvalue weighted by Gasteiger charge is 2.13. The molecule has 0 saturated heterocycles. The van der Waals surface area contributed by atoms with Crippen LogP contribution in [0.25, 0.3) is 0 Å². The lowest BCUT2D eigenvalue weighted by molar-refractivity contribution is -0.194. The van der Waals surface area contributed by atoms with Crippen molar-refractivity contribution in [2.45, 2.75) is 13.0 Å². The second kappa shape index (κ2) is 2.95. The minimum absolute atomic E-state index is 0.302.